The van der Waals surface area contributed by atoms with E-state index in [4.69, 9.17) is 0 Å². The highest BCUT2D eigenvalue weighted by molar-refractivity contribution is 5.12. The van der Waals surface area contributed by atoms with Gasteiger partial charge in [-0.25, -0.2) is 9.97 Å². The van der Waals surface area contributed by atoms with Crippen LogP contribution in [0.15, 0.2) is 6.07 Å². The summed E-state index contributed by atoms with van der Waals surface area (Å²) in [6, 6.07) is 2.44. The zero-order valence-electron chi connectivity index (χ0n) is 12.6. The van der Waals surface area contributed by atoms with Gasteiger partial charge in [-0.15, -0.1) is 0 Å². The summed E-state index contributed by atoms with van der Waals surface area (Å²) < 4.78 is 0. The molecular weight excluding hydrogens is 222 g/mol. The Morgan fingerprint density at radius 2 is 1.67 bits per heavy atom. The lowest BCUT2D eigenvalue weighted by atomic mass is 9.88. The van der Waals surface area contributed by atoms with Crippen molar-refractivity contribution >= 4 is 0 Å². The first-order valence-corrected chi connectivity index (χ1v) is 7.01. The first kappa shape index (κ1) is 15.1. The Morgan fingerprint density at radius 1 is 1.11 bits per heavy atom. The molecule has 3 nitrogen and oxygen atoms in total. The molecule has 0 radical (unpaired) electrons. The second-order valence-electron chi connectivity index (χ2n) is 5.52. The van der Waals surface area contributed by atoms with E-state index < -0.39 is 0 Å². The van der Waals surface area contributed by atoms with Crippen LogP contribution in [0.5, 0.6) is 0 Å². The molecule has 1 aromatic heterocycles. The lowest BCUT2D eigenvalue weighted by Gasteiger charge is -2.27. The summed E-state index contributed by atoms with van der Waals surface area (Å²) in [5.74, 6) is 1.89. The summed E-state index contributed by atoms with van der Waals surface area (Å²) in [5, 5.41) is 3.57. The largest absolute Gasteiger partial charge is 0.314 e. The number of aromatic nitrogens is 2. The van der Waals surface area contributed by atoms with Gasteiger partial charge >= 0.3 is 0 Å². The lowest BCUT2D eigenvalue weighted by molar-refractivity contribution is 0.363. The van der Waals surface area contributed by atoms with Crippen molar-refractivity contribution in [3.05, 3.63) is 23.3 Å². The van der Waals surface area contributed by atoms with Crippen LogP contribution in [0.3, 0.4) is 0 Å². The smallest absolute Gasteiger partial charge is 0.133 e. The molecule has 0 bridgehead atoms. The second-order valence-corrected chi connectivity index (χ2v) is 5.52. The maximum absolute atomic E-state index is 4.63. The molecule has 2 unspecified atom stereocenters. The van der Waals surface area contributed by atoms with E-state index in [-0.39, 0.29) is 0 Å². The van der Waals surface area contributed by atoms with Crippen LogP contribution in [-0.4, -0.2) is 22.6 Å². The first-order chi connectivity index (χ1) is 8.45. The molecular formula is C15H27N3. The third kappa shape index (κ3) is 4.05. The van der Waals surface area contributed by atoms with Crippen LogP contribution in [-0.2, 0) is 0 Å². The minimum atomic E-state index is 0.371. The average molecular weight is 249 g/mol. The molecule has 2 atom stereocenters. The lowest BCUT2D eigenvalue weighted by Crippen LogP contribution is -2.36. The summed E-state index contributed by atoms with van der Waals surface area (Å²) in [5.41, 5.74) is 2.12. The van der Waals surface area contributed by atoms with E-state index in [0.717, 1.165) is 30.2 Å². The van der Waals surface area contributed by atoms with E-state index >= 15 is 0 Å². The number of hydrogen-bond acceptors (Lipinski definition) is 3. The summed E-state index contributed by atoms with van der Waals surface area (Å²) in [7, 11) is 0. The minimum Gasteiger partial charge on any atom is -0.314 e. The van der Waals surface area contributed by atoms with Crippen LogP contribution >= 0.6 is 0 Å². The Hall–Kier alpha value is -0.960. The molecule has 0 aliphatic carbocycles. The normalized spacial score (nSPS) is 14.8. The van der Waals surface area contributed by atoms with E-state index in [2.05, 4.69) is 43.0 Å². The van der Waals surface area contributed by atoms with Crippen LogP contribution in [0.25, 0.3) is 0 Å². The van der Waals surface area contributed by atoms with Crippen molar-refractivity contribution < 1.29 is 0 Å². The van der Waals surface area contributed by atoms with Crippen molar-refractivity contribution in [1.29, 1.82) is 0 Å². The van der Waals surface area contributed by atoms with Gasteiger partial charge in [-0.3, -0.25) is 0 Å². The maximum atomic E-state index is 4.63. The Kier molecular flexibility index (Phi) is 5.73. The quantitative estimate of drug-likeness (QED) is 0.841. The Morgan fingerprint density at radius 3 is 2.11 bits per heavy atom. The van der Waals surface area contributed by atoms with Gasteiger partial charge in [0.15, 0.2) is 0 Å². The van der Waals surface area contributed by atoms with Gasteiger partial charge in [-0.2, -0.15) is 0 Å². The molecule has 1 aromatic rings. The number of nitrogens with zero attached hydrogens (tertiary/aromatic N) is 2. The van der Waals surface area contributed by atoms with Gasteiger partial charge < -0.3 is 5.32 Å². The average Bonchev–Trinajstić information content (AvgIpc) is 2.24. The molecule has 0 aliphatic heterocycles. The fourth-order valence-corrected chi connectivity index (χ4v) is 2.50. The predicted molar refractivity (Wildman–Crippen MR) is 76.8 cm³/mol. The molecule has 0 amide bonds. The summed E-state index contributed by atoms with van der Waals surface area (Å²) in [4.78, 5) is 9.27. The van der Waals surface area contributed by atoms with Crippen molar-refractivity contribution in [2.45, 2.75) is 59.9 Å². The molecule has 0 saturated heterocycles. The number of rotatable bonds is 6. The van der Waals surface area contributed by atoms with Crippen LogP contribution in [0, 0.1) is 19.8 Å². The van der Waals surface area contributed by atoms with Crippen LogP contribution in [0.1, 0.15) is 57.2 Å². The molecule has 102 valence electrons. The topological polar surface area (TPSA) is 37.8 Å². The summed E-state index contributed by atoms with van der Waals surface area (Å²) in [6.07, 6.45) is 1.16. The van der Waals surface area contributed by atoms with E-state index in [1.54, 1.807) is 0 Å². The van der Waals surface area contributed by atoms with Crippen molar-refractivity contribution in [2.24, 2.45) is 5.92 Å². The Balaban J connectivity index is 2.96. The standard InChI is InChI=1S/C15H27N3/c1-7-8-16-13(6)14(10(2)3)15-17-11(4)9-12(5)18-15/h9-10,13-14,16H,7-8H2,1-6H3. The van der Waals surface area contributed by atoms with Crippen molar-refractivity contribution in [3.8, 4) is 0 Å². The summed E-state index contributed by atoms with van der Waals surface area (Å²) >= 11 is 0. The fourth-order valence-electron chi connectivity index (χ4n) is 2.50. The number of aryl methyl sites for hydroxylation is 2. The van der Waals surface area contributed by atoms with Gasteiger partial charge in [-0.1, -0.05) is 20.8 Å². The van der Waals surface area contributed by atoms with E-state index in [0.29, 0.717) is 17.9 Å². The Labute approximate surface area is 111 Å². The molecule has 18 heavy (non-hydrogen) atoms. The van der Waals surface area contributed by atoms with Gasteiger partial charge in [0.25, 0.3) is 0 Å². The zero-order valence-corrected chi connectivity index (χ0v) is 12.6. The molecule has 0 spiro atoms. The van der Waals surface area contributed by atoms with E-state index in [1.807, 2.05) is 19.9 Å². The minimum absolute atomic E-state index is 0.371. The highest BCUT2D eigenvalue weighted by atomic mass is 15.0. The molecule has 0 saturated carbocycles. The fraction of sp³-hybridized carbons (Fsp3) is 0.733. The predicted octanol–water partition coefficient (Wildman–Crippen LogP) is 3.22. The zero-order chi connectivity index (χ0) is 13.7. The molecule has 1 rings (SSSR count). The highest BCUT2D eigenvalue weighted by Gasteiger charge is 2.25. The van der Waals surface area contributed by atoms with Gasteiger partial charge in [-0.05, 0) is 45.7 Å². The van der Waals surface area contributed by atoms with Crippen molar-refractivity contribution in [2.75, 3.05) is 6.54 Å². The highest BCUT2D eigenvalue weighted by Crippen LogP contribution is 2.25. The van der Waals surface area contributed by atoms with Crippen LogP contribution in [0.4, 0.5) is 0 Å². The van der Waals surface area contributed by atoms with Gasteiger partial charge in [0, 0.05) is 23.3 Å². The van der Waals surface area contributed by atoms with Gasteiger partial charge in [0.1, 0.15) is 5.82 Å². The second kappa shape index (κ2) is 6.83. The molecule has 0 fully saturated rings. The van der Waals surface area contributed by atoms with Crippen LogP contribution < -0.4 is 5.32 Å². The van der Waals surface area contributed by atoms with E-state index in [1.165, 1.54) is 0 Å². The number of nitrogens with one attached hydrogen (secondary N) is 1. The molecule has 0 aromatic carbocycles. The van der Waals surface area contributed by atoms with E-state index in [9.17, 15) is 0 Å². The van der Waals surface area contributed by atoms with Crippen LogP contribution in [0.2, 0.25) is 0 Å². The number of hydrogen-bond donors (Lipinski definition) is 1. The maximum Gasteiger partial charge on any atom is 0.133 e. The monoisotopic (exact) mass is 249 g/mol. The SMILES string of the molecule is CCCNC(C)C(c1nc(C)cc(C)n1)C(C)C. The third-order valence-electron chi connectivity index (χ3n) is 3.27. The van der Waals surface area contributed by atoms with Crippen molar-refractivity contribution in [3.63, 3.8) is 0 Å². The molecule has 3 heteroatoms. The Bertz CT molecular complexity index is 354. The molecule has 1 heterocycles. The van der Waals surface area contributed by atoms with Crippen molar-refractivity contribution in [1.82, 2.24) is 15.3 Å². The summed E-state index contributed by atoms with van der Waals surface area (Å²) in [6.45, 7) is 14.1. The van der Waals surface area contributed by atoms with Gasteiger partial charge in [0.05, 0.1) is 0 Å². The first-order valence-electron chi connectivity index (χ1n) is 7.01. The molecule has 0 aliphatic rings. The molecule has 1 N–H and O–H groups in total. The van der Waals surface area contributed by atoms with Gasteiger partial charge in [0.2, 0.25) is 0 Å². The third-order valence-corrected chi connectivity index (χ3v) is 3.27.